The number of piperazine rings is 1. The van der Waals surface area contributed by atoms with Crippen LogP contribution in [0.3, 0.4) is 0 Å². The van der Waals surface area contributed by atoms with Crippen molar-refractivity contribution in [3.05, 3.63) is 59.5 Å². The normalized spacial score (nSPS) is 23.0. The van der Waals surface area contributed by atoms with Gasteiger partial charge in [0.2, 0.25) is 5.91 Å². The van der Waals surface area contributed by atoms with E-state index in [1.165, 1.54) is 17.4 Å². The predicted molar refractivity (Wildman–Crippen MR) is 114 cm³/mol. The Morgan fingerprint density at radius 1 is 1.10 bits per heavy atom. The van der Waals surface area contributed by atoms with E-state index in [9.17, 15) is 9.59 Å². The van der Waals surface area contributed by atoms with Gasteiger partial charge in [-0.15, -0.1) is 11.8 Å². The second-order valence-electron chi connectivity index (χ2n) is 7.63. The van der Waals surface area contributed by atoms with Crippen molar-refractivity contribution in [2.75, 3.05) is 39.3 Å². The van der Waals surface area contributed by atoms with Crippen LogP contribution in [0.25, 0.3) is 0 Å². The van der Waals surface area contributed by atoms with Crippen LogP contribution in [0, 0.1) is 6.92 Å². The van der Waals surface area contributed by atoms with Gasteiger partial charge in [-0.05, 0) is 37.1 Å². The summed E-state index contributed by atoms with van der Waals surface area (Å²) in [5.74, 6) is 0.567. The summed E-state index contributed by atoms with van der Waals surface area (Å²) >= 11 is 1.73. The van der Waals surface area contributed by atoms with Gasteiger partial charge in [-0.2, -0.15) is 0 Å². The van der Waals surface area contributed by atoms with E-state index in [0.29, 0.717) is 25.4 Å². The lowest BCUT2D eigenvalue weighted by atomic mass is 10.1. The van der Waals surface area contributed by atoms with E-state index in [1.807, 2.05) is 28.9 Å². The van der Waals surface area contributed by atoms with Crippen molar-refractivity contribution < 1.29 is 14.0 Å². The van der Waals surface area contributed by atoms with E-state index < -0.39 is 0 Å². The van der Waals surface area contributed by atoms with Crippen molar-refractivity contribution in [1.29, 1.82) is 0 Å². The SMILES string of the molecule is Cc1ccccc1[C@@H]1S[C@H](C)C(=O)N1CCN1CCN(C(=O)c2ccco2)CC1. The molecule has 154 valence electrons. The van der Waals surface area contributed by atoms with Gasteiger partial charge in [0.05, 0.1) is 11.5 Å². The first-order valence-corrected chi connectivity index (χ1v) is 11.1. The van der Waals surface area contributed by atoms with Gasteiger partial charge < -0.3 is 14.2 Å². The fourth-order valence-electron chi connectivity index (χ4n) is 3.99. The first-order chi connectivity index (χ1) is 14.0. The number of hydrogen-bond donors (Lipinski definition) is 0. The maximum absolute atomic E-state index is 12.8. The molecular weight excluding hydrogens is 386 g/mol. The highest BCUT2D eigenvalue weighted by molar-refractivity contribution is 8.01. The number of furan rings is 1. The fourth-order valence-corrected chi connectivity index (χ4v) is 5.39. The summed E-state index contributed by atoms with van der Waals surface area (Å²) in [5, 5.41) is 0.0721. The van der Waals surface area contributed by atoms with Crippen LogP contribution in [0.1, 0.15) is 34.0 Å². The van der Waals surface area contributed by atoms with Crippen LogP contribution in [0.5, 0.6) is 0 Å². The summed E-state index contributed by atoms with van der Waals surface area (Å²) in [6.07, 6.45) is 1.53. The molecule has 0 radical (unpaired) electrons. The molecule has 0 spiro atoms. The van der Waals surface area contributed by atoms with Crippen LogP contribution in [0.15, 0.2) is 47.1 Å². The molecule has 2 fully saturated rings. The average Bonchev–Trinajstić information content (AvgIpc) is 3.36. The molecule has 4 rings (SSSR count). The Hall–Kier alpha value is -2.25. The van der Waals surface area contributed by atoms with Gasteiger partial charge in [0.25, 0.3) is 5.91 Å². The van der Waals surface area contributed by atoms with Crippen molar-refractivity contribution >= 4 is 23.6 Å². The molecule has 2 aromatic rings. The second-order valence-corrected chi connectivity index (χ2v) is 9.06. The van der Waals surface area contributed by atoms with Gasteiger partial charge in [0, 0.05) is 39.3 Å². The minimum Gasteiger partial charge on any atom is -0.459 e. The van der Waals surface area contributed by atoms with Gasteiger partial charge in [-0.3, -0.25) is 14.5 Å². The first kappa shape index (κ1) is 20.0. The molecule has 0 bridgehead atoms. The van der Waals surface area contributed by atoms with Crippen LogP contribution in [0.2, 0.25) is 0 Å². The molecular formula is C22H27N3O3S. The monoisotopic (exact) mass is 413 g/mol. The number of nitrogens with zero attached hydrogens (tertiary/aromatic N) is 3. The highest BCUT2D eigenvalue weighted by atomic mass is 32.2. The molecule has 2 amide bonds. The Kier molecular flexibility index (Phi) is 5.96. The topological polar surface area (TPSA) is 57.0 Å². The van der Waals surface area contributed by atoms with Gasteiger partial charge in [0.1, 0.15) is 5.37 Å². The zero-order chi connectivity index (χ0) is 20.4. The third-order valence-electron chi connectivity index (χ3n) is 5.75. The highest BCUT2D eigenvalue weighted by Gasteiger charge is 2.39. The largest absolute Gasteiger partial charge is 0.459 e. The Morgan fingerprint density at radius 2 is 1.86 bits per heavy atom. The molecule has 0 saturated carbocycles. The third kappa shape index (κ3) is 4.21. The zero-order valence-electron chi connectivity index (χ0n) is 16.9. The summed E-state index contributed by atoms with van der Waals surface area (Å²) in [6, 6.07) is 11.8. The minimum atomic E-state index is -0.0470. The van der Waals surface area contributed by atoms with Gasteiger partial charge >= 0.3 is 0 Å². The van der Waals surface area contributed by atoms with Gasteiger partial charge in [-0.1, -0.05) is 24.3 Å². The molecule has 0 aliphatic carbocycles. The molecule has 3 heterocycles. The number of amides is 2. The van der Waals surface area contributed by atoms with E-state index in [1.54, 1.807) is 23.9 Å². The van der Waals surface area contributed by atoms with E-state index in [4.69, 9.17) is 4.42 Å². The van der Waals surface area contributed by atoms with Crippen LogP contribution in [-0.4, -0.2) is 71.0 Å². The number of carbonyl (C=O) groups is 2. The van der Waals surface area contributed by atoms with E-state index in [-0.39, 0.29) is 22.4 Å². The predicted octanol–water partition coefficient (Wildman–Crippen LogP) is 3.01. The van der Waals surface area contributed by atoms with E-state index in [0.717, 1.165) is 19.6 Å². The smallest absolute Gasteiger partial charge is 0.289 e. The minimum absolute atomic E-state index is 0.0117. The Balaban J connectivity index is 1.34. The molecule has 2 aliphatic rings. The average molecular weight is 414 g/mol. The summed E-state index contributed by atoms with van der Waals surface area (Å²) in [5.41, 5.74) is 2.45. The second kappa shape index (κ2) is 8.63. The third-order valence-corrected chi connectivity index (χ3v) is 7.13. The maximum atomic E-state index is 12.8. The summed E-state index contributed by atoms with van der Waals surface area (Å²) in [7, 11) is 0. The summed E-state index contributed by atoms with van der Waals surface area (Å²) < 4.78 is 5.22. The number of aryl methyl sites for hydroxylation is 1. The van der Waals surface area contributed by atoms with Crippen LogP contribution in [-0.2, 0) is 4.79 Å². The first-order valence-electron chi connectivity index (χ1n) is 10.1. The number of hydrogen-bond acceptors (Lipinski definition) is 5. The molecule has 6 nitrogen and oxygen atoms in total. The van der Waals surface area contributed by atoms with Crippen molar-refractivity contribution in [3.63, 3.8) is 0 Å². The van der Waals surface area contributed by atoms with E-state index >= 15 is 0 Å². The molecule has 29 heavy (non-hydrogen) atoms. The number of carbonyl (C=O) groups excluding carboxylic acids is 2. The number of rotatable bonds is 5. The molecule has 1 aromatic carbocycles. The van der Waals surface area contributed by atoms with Gasteiger partial charge in [-0.25, -0.2) is 0 Å². The lowest BCUT2D eigenvalue weighted by Gasteiger charge is -2.35. The quantitative estimate of drug-likeness (QED) is 0.754. The molecule has 1 aromatic heterocycles. The molecule has 2 atom stereocenters. The van der Waals surface area contributed by atoms with Crippen molar-refractivity contribution in [2.45, 2.75) is 24.5 Å². The zero-order valence-corrected chi connectivity index (χ0v) is 17.7. The summed E-state index contributed by atoms with van der Waals surface area (Å²) in [4.78, 5) is 31.4. The molecule has 2 aliphatic heterocycles. The lowest BCUT2D eigenvalue weighted by molar-refractivity contribution is -0.130. The van der Waals surface area contributed by atoms with Crippen LogP contribution in [0.4, 0.5) is 0 Å². The Bertz CT molecular complexity index is 862. The fraction of sp³-hybridized carbons (Fsp3) is 0.455. The highest BCUT2D eigenvalue weighted by Crippen LogP contribution is 2.43. The molecule has 7 heteroatoms. The van der Waals surface area contributed by atoms with Gasteiger partial charge in [0.15, 0.2) is 5.76 Å². The van der Waals surface area contributed by atoms with Crippen LogP contribution < -0.4 is 0 Å². The Labute approximate surface area is 175 Å². The van der Waals surface area contributed by atoms with E-state index in [2.05, 4.69) is 24.0 Å². The molecule has 2 saturated heterocycles. The number of thioether (sulfide) groups is 1. The van der Waals surface area contributed by atoms with Crippen molar-refractivity contribution in [3.8, 4) is 0 Å². The lowest BCUT2D eigenvalue weighted by Crippen LogP contribution is -2.50. The van der Waals surface area contributed by atoms with Crippen molar-refractivity contribution in [1.82, 2.24) is 14.7 Å². The Morgan fingerprint density at radius 3 is 2.55 bits per heavy atom. The molecule has 0 N–H and O–H groups in total. The number of benzene rings is 1. The van der Waals surface area contributed by atoms with Crippen LogP contribution >= 0.6 is 11.8 Å². The standard InChI is InChI=1S/C22H27N3O3S/c1-16-6-3-4-7-18(16)22-25(20(26)17(2)29-22)14-11-23-9-12-24(13-10-23)21(27)19-8-5-15-28-19/h3-8,15,17,22H,9-14H2,1-2H3/t17-,22+/m1/s1. The van der Waals surface area contributed by atoms with Crippen molar-refractivity contribution in [2.24, 2.45) is 0 Å². The summed E-state index contributed by atoms with van der Waals surface area (Å²) in [6.45, 7) is 8.62. The molecule has 0 unspecified atom stereocenters. The maximum Gasteiger partial charge on any atom is 0.289 e.